The monoisotopic (exact) mass is 449 g/mol. The molecule has 3 aromatic carbocycles. The van der Waals surface area contributed by atoms with Gasteiger partial charge in [-0.2, -0.15) is 5.10 Å². The number of nitrogens with zero attached hydrogens (tertiary/aromatic N) is 3. The highest BCUT2D eigenvalue weighted by molar-refractivity contribution is 5.82. The van der Waals surface area contributed by atoms with Gasteiger partial charge in [0, 0.05) is 11.3 Å². The molecule has 5 heteroatoms. The first-order valence-electron chi connectivity index (χ1n) is 11.5. The normalized spacial score (nSPS) is 11.2. The van der Waals surface area contributed by atoms with Gasteiger partial charge >= 0.3 is 0 Å². The molecule has 5 nitrogen and oxygen atoms in total. The summed E-state index contributed by atoms with van der Waals surface area (Å²) in [6.07, 6.45) is 0.132. The third-order valence-electron chi connectivity index (χ3n) is 5.49. The lowest BCUT2D eigenvalue weighted by molar-refractivity contribution is 0.242. The van der Waals surface area contributed by atoms with E-state index in [2.05, 4.69) is 30.3 Å². The molecule has 2 aromatic heterocycles. The van der Waals surface area contributed by atoms with Gasteiger partial charge in [-0.15, -0.1) is 0 Å². The molecule has 0 aliphatic heterocycles. The lowest BCUT2D eigenvalue weighted by Crippen LogP contribution is -2.05. The Bertz CT molecular complexity index is 1390. The van der Waals surface area contributed by atoms with Gasteiger partial charge in [0.2, 0.25) is 0 Å². The summed E-state index contributed by atoms with van der Waals surface area (Å²) in [5, 5.41) is 4.99. The number of hydrogen-bond donors (Lipinski definition) is 0. The second-order valence-corrected chi connectivity index (χ2v) is 8.50. The highest BCUT2D eigenvalue weighted by atomic mass is 16.5. The molecular weight excluding hydrogens is 422 g/mol. The summed E-state index contributed by atoms with van der Waals surface area (Å²) in [6, 6.07) is 30.3. The molecular formula is C29H27N3O2. The van der Waals surface area contributed by atoms with Crippen LogP contribution in [-0.2, 0) is 6.61 Å². The molecule has 5 aromatic rings. The summed E-state index contributed by atoms with van der Waals surface area (Å²) in [5.74, 6) is 1.66. The Labute approximate surface area is 199 Å². The molecule has 0 aliphatic rings. The first-order chi connectivity index (χ1) is 16.6. The van der Waals surface area contributed by atoms with Gasteiger partial charge in [-0.05, 0) is 68.8 Å². The van der Waals surface area contributed by atoms with Gasteiger partial charge in [-0.1, -0.05) is 48.5 Å². The van der Waals surface area contributed by atoms with Gasteiger partial charge in [0.05, 0.1) is 17.4 Å². The fourth-order valence-corrected chi connectivity index (χ4v) is 4.03. The molecule has 0 unspecified atom stereocenters. The molecule has 0 saturated carbocycles. The van der Waals surface area contributed by atoms with E-state index in [9.17, 15) is 0 Å². The van der Waals surface area contributed by atoms with Crippen molar-refractivity contribution in [2.75, 3.05) is 0 Å². The second kappa shape index (κ2) is 9.40. The van der Waals surface area contributed by atoms with Crippen LogP contribution < -0.4 is 9.47 Å². The van der Waals surface area contributed by atoms with Crippen molar-refractivity contribution in [2.45, 2.75) is 33.5 Å². The molecule has 0 spiro atoms. The van der Waals surface area contributed by atoms with Crippen LogP contribution in [0.15, 0.2) is 91.0 Å². The predicted molar refractivity (Wildman–Crippen MR) is 135 cm³/mol. The highest BCUT2D eigenvalue weighted by Gasteiger charge is 2.20. The van der Waals surface area contributed by atoms with Crippen LogP contribution in [0.1, 0.15) is 25.2 Å². The van der Waals surface area contributed by atoms with Gasteiger partial charge in [-0.25, -0.2) is 9.50 Å². The molecule has 0 fully saturated rings. The van der Waals surface area contributed by atoms with Crippen molar-refractivity contribution in [1.82, 2.24) is 14.6 Å². The topological polar surface area (TPSA) is 48.7 Å². The van der Waals surface area contributed by atoms with Gasteiger partial charge in [0.25, 0.3) is 0 Å². The molecule has 5 rings (SSSR count). The summed E-state index contributed by atoms with van der Waals surface area (Å²) in [5.41, 5.74) is 6.66. The number of rotatable bonds is 7. The maximum Gasteiger partial charge on any atom is 0.164 e. The van der Waals surface area contributed by atoms with Crippen molar-refractivity contribution >= 4 is 5.65 Å². The quantitative estimate of drug-likeness (QED) is 0.276. The van der Waals surface area contributed by atoms with Crippen molar-refractivity contribution < 1.29 is 9.47 Å². The summed E-state index contributed by atoms with van der Waals surface area (Å²) in [4.78, 5) is 4.89. The van der Waals surface area contributed by atoms with E-state index in [1.165, 1.54) is 0 Å². The van der Waals surface area contributed by atoms with Gasteiger partial charge in [0.15, 0.2) is 5.65 Å². The van der Waals surface area contributed by atoms with Crippen molar-refractivity contribution in [2.24, 2.45) is 0 Å². The maximum atomic E-state index is 6.09. The summed E-state index contributed by atoms with van der Waals surface area (Å²) in [6.45, 7) is 6.41. The molecule has 34 heavy (non-hydrogen) atoms. The molecule has 0 radical (unpaired) electrons. The summed E-state index contributed by atoms with van der Waals surface area (Å²) >= 11 is 0. The molecule has 170 valence electrons. The molecule has 0 atom stereocenters. The lowest BCUT2D eigenvalue weighted by Gasteiger charge is -2.11. The van der Waals surface area contributed by atoms with E-state index in [1.54, 1.807) is 0 Å². The average Bonchev–Trinajstić information content (AvgIpc) is 3.21. The Balaban J connectivity index is 1.63. The SMILES string of the molecule is Cc1cc(-c2ccc(OC(C)C)cc2)n2nc(COc3ccccc3)c(-c3ccccc3)c2n1. The number of fused-ring (bicyclic) bond motifs is 1. The first kappa shape index (κ1) is 21.7. The smallest absolute Gasteiger partial charge is 0.164 e. The Hall–Kier alpha value is -4.12. The van der Waals surface area contributed by atoms with E-state index < -0.39 is 0 Å². The van der Waals surface area contributed by atoms with E-state index in [0.29, 0.717) is 6.61 Å². The van der Waals surface area contributed by atoms with E-state index in [1.807, 2.05) is 86.0 Å². The van der Waals surface area contributed by atoms with Gasteiger partial charge in [0.1, 0.15) is 23.8 Å². The fraction of sp³-hybridized carbons (Fsp3) is 0.172. The minimum absolute atomic E-state index is 0.132. The van der Waals surface area contributed by atoms with Crippen molar-refractivity contribution in [3.63, 3.8) is 0 Å². The highest BCUT2D eigenvalue weighted by Crippen LogP contribution is 2.32. The van der Waals surface area contributed by atoms with Crippen LogP contribution in [0.3, 0.4) is 0 Å². The molecule has 0 bridgehead atoms. The zero-order valence-electron chi connectivity index (χ0n) is 19.6. The molecule has 0 N–H and O–H groups in total. The van der Waals surface area contributed by atoms with Crippen LogP contribution >= 0.6 is 0 Å². The van der Waals surface area contributed by atoms with E-state index in [-0.39, 0.29) is 6.10 Å². The summed E-state index contributed by atoms with van der Waals surface area (Å²) in [7, 11) is 0. The van der Waals surface area contributed by atoms with Crippen molar-refractivity contribution in [1.29, 1.82) is 0 Å². The van der Waals surface area contributed by atoms with Gasteiger partial charge < -0.3 is 9.47 Å². The van der Waals surface area contributed by atoms with Crippen LogP contribution in [0.5, 0.6) is 11.5 Å². The Morgan fingerprint density at radius 1 is 0.794 bits per heavy atom. The third kappa shape index (κ3) is 4.50. The largest absolute Gasteiger partial charge is 0.491 e. The second-order valence-electron chi connectivity index (χ2n) is 8.50. The number of ether oxygens (including phenoxy) is 2. The minimum atomic E-state index is 0.132. The van der Waals surface area contributed by atoms with Crippen LogP contribution in [0.4, 0.5) is 0 Å². The van der Waals surface area contributed by atoms with Crippen LogP contribution in [0.25, 0.3) is 28.0 Å². The van der Waals surface area contributed by atoms with E-state index in [4.69, 9.17) is 19.6 Å². The Kier molecular flexibility index (Phi) is 6.00. The van der Waals surface area contributed by atoms with Crippen molar-refractivity contribution in [3.8, 4) is 33.9 Å². The minimum Gasteiger partial charge on any atom is -0.491 e. The lowest BCUT2D eigenvalue weighted by atomic mass is 10.1. The summed E-state index contributed by atoms with van der Waals surface area (Å²) < 4.78 is 13.8. The third-order valence-corrected chi connectivity index (χ3v) is 5.49. The van der Waals surface area contributed by atoms with E-state index in [0.717, 1.165) is 50.9 Å². The number of benzene rings is 3. The van der Waals surface area contributed by atoms with E-state index >= 15 is 0 Å². The van der Waals surface area contributed by atoms with Crippen LogP contribution in [0.2, 0.25) is 0 Å². The average molecular weight is 450 g/mol. The predicted octanol–water partition coefficient (Wildman–Crippen LogP) is 6.74. The first-order valence-corrected chi connectivity index (χ1v) is 11.5. The van der Waals surface area contributed by atoms with Crippen LogP contribution in [-0.4, -0.2) is 20.7 Å². The maximum absolute atomic E-state index is 6.09. The van der Waals surface area contributed by atoms with Crippen LogP contribution in [0, 0.1) is 6.92 Å². The molecule has 2 heterocycles. The zero-order valence-corrected chi connectivity index (χ0v) is 19.6. The fourth-order valence-electron chi connectivity index (χ4n) is 4.03. The molecule has 0 aliphatic carbocycles. The zero-order chi connectivity index (χ0) is 23.5. The number of aryl methyl sites for hydroxylation is 1. The Morgan fingerprint density at radius 2 is 1.47 bits per heavy atom. The molecule has 0 saturated heterocycles. The number of aromatic nitrogens is 3. The Morgan fingerprint density at radius 3 is 2.15 bits per heavy atom. The number of hydrogen-bond acceptors (Lipinski definition) is 4. The van der Waals surface area contributed by atoms with Crippen molar-refractivity contribution in [3.05, 3.63) is 102 Å². The van der Waals surface area contributed by atoms with Gasteiger partial charge in [-0.3, -0.25) is 0 Å². The number of para-hydroxylation sites is 1. The standard InChI is InChI=1S/C29H27N3O2/c1-20(2)34-25-16-14-22(15-17-25)27-18-21(3)30-29-28(23-10-6-4-7-11-23)26(31-32(27)29)19-33-24-12-8-5-9-13-24/h4-18,20H,19H2,1-3H3. The molecule has 0 amide bonds.